The summed E-state index contributed by atoms with van der Waals surface area (Å²) in [4.78, 5) is 26.5. The number of carbonyl (C=O) groups is 2. The highest BCUT2D eigenvalue weighted by Crippen LogP contribution is 2.21. The molecule has 1 heterocycles. The zero-order valence-electron chi connectivity index (χ0n) is 24.0. The number of carbonyl (C=O) groups excluding carboxylic acids is 1. The molecule has 1 atom stereocenters. The highest BCUT2D eigenvalue weighted by Gasteiger charge is 2.34. The average molecular weight is 545 g/mol. The van der Waals surface area contributed by atoms with Crippen LogP contribution < -0.4 is 16.8 Å². The minimum Gasteiger partial charge on any atom is -0.480 e. The van der Waals surface area contributed by atoms with Crippen LogP contribution in [0.15, 0.2) is 0 Å². The smallest absolute Gasteiger partial charge is 0.451 e. The summed E-state index contributed by atoms with van der Waals surface area (Å²) in [7, 11) is -1.38. The van der Waals surface area contributed by atoms with E-state index in [-0.39, 0.29) is 23.9 Å². The fourth-order valence-corrected chi connectivity index (χ4v) is 4.61. The first kappa shape index (κ1) is 34.8. The lowest BCUT2D eigenvalue weighted by Gasteiger charge is -2.35. The van der Waals surface area contributed by atoms with Crippen LogP contribution in [0, 0.1) is 0 Å². The molecule has 1 unspecified atom stereocenters. The van der Waals surface area contributed by atoms with Crippen molar-refractivity contribution in [2.24, 2.45) is 11.5 Å². The molecule has 1 fully saturated rings. The third kappa shape index (κ3) is 14.8. The molecule has 38 heavy (non-hydrogen) atoms. The third-order valence-electron chi connectivity index (χ3n) is 7.36. The maximum atomic E-state index is 12.5. The highest BCUT2D eigenvalue weighted by atomic mass is 16.5. The van der Waals surface area contributed by atoms with Crippen LogP contribution in [-0.4, -0.2) is 101 Å². The van der Waals surface area contributed by atoms with Crippen LogP contribution in [0.4, 0.5) is 0 Å². The van der Waals surface area contributed by atoms with Gasteiger partial charge in [-0.25, -0.2) is 0 Å². The molecule has 0 aromatic rings. The Kier molecular flexibility index (Phi) is 15.3. The maximum Gasteiger partial charge on any atom is 0.451 e. The van der Waals surface area contributed by atoms with Gasteiger partial charge in [0.1, 0.15) is 5.54 Å². The first-order valence-corrected chi connectivity index (χ1v) is 14.1. The molecular formula is C26H53BN4O7. The molecule has 1 aliphatic rings. The summed E-state index contributed by atoms with van der Waals surface area (Å²) >= 11 is 0. The minimum atomic E-state index is -1.38. The molecule has 0 radical (unpaired) electrons. The Balaban J connectivity index is 2.29. The standard InChI is InChI=1S/C26H53BN4O7/c1-24(2,37-19-20-38-25(3,4)12-15-28)11-7-22(32)30-21-8-16-31(17-9-21)18-13-26(29,23(33)34)10-5-6-14-27(35)36/h21,35-36H,5-20,28-29H2,1-4H3,(H,30,32)(H,33,34). The number of amides is 1. The number of aliphatic carboxylic acids is 1. The van der Waals surface area contributed by atoms with E-state index in [0.717, 1.165) is 32.4 Å². The topological polar surface area (TPSA) is 181 Å². The van der Waals surface area contributed by atoms with Crippen molar-refractivity contribution >= 4 is 19.0 Å². The van der Waals surface area contributed by atoms with Gasteiger partial charge in [-0.1, -0.05) is 12.8 Å². The molecule has 0 spiro atoms. The molecule has 12 heteroatoms. The number of hydrogen-bond acceptors (Lipinski definition) is 9. The lowest BCUT2D eigenvalue weighted by Crippen LogP contribution is -2.51. The van der Waals surface area contributed by atoms with Gasteiger partial charge in [0.2, 0.25) is 5.91 Å². The van der Waals surface area contributed by atoms with Gasteiger partial charge < -0.3 is 46.3 Å². The Bertz CT molecular complexity index is 703. The summed E-state index contributed by atoms with van der Waals surface area (Å²) in [6.07, 6.45) is 5.25. The second-order valence-corrected chi connectivity index (χ2v) is 11.9. The molecule has 0 aromatic heterocycles. The van der Waals surface area contributed by atoms with Crippen LogP contribution in [0.25, 0.3) is 0 Å². The average Bonchev–Trinajstić information content (AvgIpc) is 2.83. The van der Waals surface area contributed by atoms with Gasteiger partial charge in [0.05, 0.1) is 24.4 Å². The lowest BCUT2D eigenvalue weighted by atomic mass is 9.81. The number of carboxylic acids is 1. The van der Waals surface area contributed by atoms with Crippen molar-refractivity contribution in [3.05, 3.63) is 0 Å². The quantitative estimate of drug-likeness (QED) is 0.0960. The van der Waals surface area contributed by atoms with Crippen LogP contribution in [0.2, 0.25) is 6.32 Å². The summed E-state index contributed by atoms with van der Waals surface area (Å²) in [5, 5.41) is 30.6. The molecule has 0 saturated carbocycles. The van der Waals surface area contributed by atoms with Crippen molar-refractivity contribution < 1.29 is 34.2 Å². The van der Waals surface area contributed by atoms with Crippen LogP contribution in [0.3, 0.4) is 0 Å². The molecule has 0 bridgehead atoms. The number of unbranched alkanes of at least 4 members (excludes halogenated alkanes) is 1. The maximum absolute atomic E-state index is 12.5. The van der Waals surface area contributed by atoms with Gasteiger partial charge in [-0.15, -0.1) is 0 Å². The van der Waals surface area contributed by atoms with Crippen molar-refractivity contribution in [1.82, 2.24) is 10.2 Å². The Hall–Kier alpha value is -1.28. The van der Waals surface area contributed by atoms with Crippen molar-refractivity contribution in [2.75, 3.05) is 39.4 Å². The zero-order chi connectivity index (χ0) is 28.8. The normalized spacial score (nSPS) is 17.3. The molecule has 11 nitrogen and oxygen atoms in total. The van der Waals surface area contributed by atoms with E-state index in [9.17, 15) is 14.7 Å². The summed E-state index contributed by atoms with van der Waals surface area (Å²) in [6.45, 7) is 11.6. The van der Waals surface area contributed by atoms with E-state index in [2.05, 4.69) is 10.2 Å². The van der Waals surface area contributed by atoms with E-state index < -0.39 is 24.2 Å². The number of nitrogens with two attached hydrogens (primary N) is 2. The summed E-state index contributed by atoms with van der Waals surface area (Å²) in [5.74, 6) is -1.01. The number of carboxylic acid groups (broad SMARTS) is 1. The first-order valence-electron chi connectivity index (χ1n) is 14.1. The molecule has 222 valence electrons. The van der Waals surface area contributed by atoms with Crippen LogP contribution in [-0.2, 0) is 19.1 Å². The molecule has 1 amide bonds. The molecule has 1 saturated heterocycles. The van der Waals surface area contributed by atoms with E-state index >= 15 is 0 Å². The van der Waals surface area contributed by atoms with Crippen molar-refractivity contribution in [1.29, 1.82) is 0 Å². The predicted molar refractivity (Wildman–Crippen MR) is 149 cm³/mol. The fourth-order valence-electron chi connectivity index (χ4n) is 4.61. The molecular weight excluding hydrogens is 491 g/mol. The van der Waals surface area contributed by atoms with Gasteiger partial charge in [0.15, 0.2) is 0 Å². The highest BCUT2D eigenvalue weighted by molar-refractivity contribution is 6.40. The summed E-state index contributed by atoms with van der Waals surface area (Å²) in [6, 6.07) is 0.105. The van der Waals surface area contributed by atoms with E-state index in [1.807, 2.05) is 27.7 Å². The van der Waals surface area contributed by atoms with Gasteiger partial charge in [-0.2, -0.15) is 0 Å². The van der Waals surface area contributed by atoms with Crippen molar-refractivity contribution in [2.45, 2.75) is 115 Å². The van der Waals surface area contributed by atoms with E-state index in [0.29, 0.717) is 64.8 Å². The molecule has 8 N–H and O–H groups in total. The number of rotatable bonds is 20. The van der Waals surface area contributed by atoms with Crippen molar-refractivity contribution in [3.8, 4) is 0 Å². The SMILES string of the molecule is CC(C)(CCN)OCCOC(C)(C)CCC(=O)NC1CCN(CCC(N)(CCCCB(O)O)C(=O)O)CC1. The molecule has 0 aliphatic carbocycles. The van der Waals surface area contributed by atoms with E-state index in [4.69, 9.17) is 31.0 Å². The number of ether oxygens (including phenoxy) is 2. The second-order valence-electron chi connectivity index (χ2n) is 11.9. The molecule has 1 rings (SSSR count). The van der Waals surface area contributed by atoms with Crippen LogP contribution in [0.1, 0.15) is 85.5 Å². The van der Waals surface area contributed by atoms with Gasteiger partial charge in [0, 0.05) is 32.1 Å². The monoisotopic (exact) mass is 544 g/mol. The third-order valence-corrected chi connectivity index (χ3v) is 7.36. The Morgan fingerprint density at radius 1 is 0.974 bits per heavy atom. The number of hydrogen-bond donors (Lipinski definition) is 6. The number of nitrogens with one attached hydrogen (secondary N) is 1. The first-order chi connectivity index (χ1) is 17.7. The summed E-state index contributed by atoms with van der Waals surface area (Å²) in [5.41, 5.74) is 9.75. The summed E-state index contributed by atoms with van der Waals surface area (Å²) < 4.78 is 11.8. The van der Waals surface area contributed by atoms with Crippen LogP contribution in [0.5, 0.6) is 0 Å². The van der Waals surface area contributed by atoms with Gasteiger partial charge >= 0.3 is 13.1 Å². The van der Waals surface area contributed by atoms with E-state index in [1.54, 1.807) is 0 Å². The number of piperidine rings is 1. The van der Waals surface area contributed by atoms with Gasteiger partial charge in [0.25, 0.3) is 0 Å². The van der Waals surface area contributed by atoms with Gasteiger partial charge in [-0.3, -0.25) is 9.59 Å². The van der Waals surface area contributed by atoms with E-state index in [1.165, 1.54) is 0 Å². The van der Waals surface area contributed by atoms with Gasteiger partial charge in [-0.05, 0) is 79.1 Å². The number of likely N-dealkylation sites (tertiary alicyclic amines) is 1. The molecule has 0 aromatic carbocycles. The van der Waals surface area contributed by atoms with Crippen molar-refractivity contribution in [3.63, 3.8) is 0 Å². The Morgan fingerprint density at radius 2 is 1.55 bits per heavy atom. The Morgan fingerprint density at radius 3 is 2.08 bits per heavy atom. The van der Waals surface area contributed by atoms with Crippen LogP contribution >= 0.6 is 0 Å². The minimum absolute atomic E-state index is 0.0142. The fraction of sp³-hybridized carbons (Fsp3) is 0.923. The predicted octanol–water partition coefficient (Wildman–Crippen LogP) is 1.10. The second kappa shape index (κ2) is 16.7. The zero-order valence-corrected chi connectivity index (χ0v) is 24.0. The lowest BCUT2D eigenvalue weighted by molar-refractivity contribution is -0.144. The Labute approximate surface area is 229 Å². The molecule has 1 aliphatic heterocycles. The number of nitrogens with zero attached hydrogens (tertiary/aromatic N) is 1. The largest absolute Gasteiger partial charge is 0.480 e.